The van der Waals surface area contributed by atoms with Gasteiger partial charge in [0, 0.05) is 31.0 Å². The van der Waals surface area contributed by atoms with Crippen LogP contribution < -0.4 is 10.2 Å². The van der Waals surface area contributed by atoms with Crippen molar-refractivity contribution in [3.05, 3.63) is 42.1 Å². The van der Waals surface area contributed by atoms with Gasteiger partial charge < -0.3 is 10.2 Å². The van der Waals surface area contributed by atoms with Gasteiger partial charge in [0.2, 0.25) is 5.91 Å². The van der Waals surface area contributed by atoms with Crippen molar-refractivity contribution >= 4 is 17.4 Å². The second kappa shape index (κ2) is 5.24. The lowest BCUT2D eigenvalue weighted by Crippen LogP contribution is -2.44. The van der Waals surface area contributed by atoms with Gasteiger partial charge in [-0.3, -0.25) is 9.48 Å². The molecular weight excluding hydrogens is 264 g/mol. The number of nitrogens with one attached hydrogen (secondary N) is 1. The number of carbonyl (C=O) groups is 1. The third-order valence-corrected chi connectivity index (χ3v) is 3.89. The second-order valence-electron chi connectivity index (χ2n) is 5.63. The highest BCUT2D eigenvalue weighted by molar-refractivity contribution is 6.00. The fraction of sp³-hybridized carbons (Fsp3) is 0.375. The number of aryl methyl sites for hydroxylation is 1. The molecule has 2 aromatic rings. The zero-order valence-corrected chi connectivity index (χ0v) is 12.6. The summed E-state index contributed by atoms with van der Waals surface area (Å²) in [6, 6.07) is 9.87. The number of amides is 1. The monoisotopic (exact) mass is 284 g/mol. The molecule has 21 heavy (non-hydrogen) atoms. The lowest BCUT2D eigenvalue weighted by Gasteiger charge is -2.26. The average Bonchev–Trinajstić information content (AvgIpc) is 3.00. The number of anilines is 2. The van der Waals surface area contributed by atoms with Crippen LogP contribution in [0.4, 0.5) is 11.5 Å². The standard InChI is InChI=1S/C16H20N4O/c1-11-10-13-6-4-5-7-14(13)20(11)16(21)12(2)17-15-8-9-19(3)18-15/h4-9,11-12H,10H2,1-3H3,(H,17,18). The van der Waals surface area contributed by atoms with E-state index in [1.807, 2.05) is 49.3 Å². The smallest absolute Gasteiger partial charge is 0.249 e. The van der Waals surface area contributed by atoms with E-state index in [1.165, 1.54) is 5.56 Å². The van der Waals surface area contributed by atoms with E-state index < -0.39 is 0 Å². The molecule has 0 bridgehead atoms. The summed E-state index contributed by atoms with van der Waals surface area (Å²) in [7, 11) is 1.86. The van der Waals surface area contributed by atoms with Gasteiger partial charge in [-0.1, -0.05) is 18.2 Å². The predicted molar refractivity (Wildman–Crippen MR) is 83.4 cm³/mol. The molecule has 0 aliphatic carbocycles. The van der Waals surface area contributed by atoms with Crippen molar-refractivity contribution in [2.24, 2.45) is 7.05 Å². The van der Waals surface area contributed by atoms with Crippen LogP contribution in [0.2, 0.25) is 0 Å². The molecule has 0 radical (unpaired) electrons. The van der Waals surface area contributed by atoms with Gasteiger partial charge in [-0.25, -0.2) is 0 Å². The van der Waals surface area contributed by atoms with Crippen LogP contribution in [0, 0.1) is 0 Å². The SMILES string of the molecule is CC(Nc1ccn(C)n1)C(=O)N1c2ccccc2CC1C. The van der Waals surface area contributed by atoms with Crippen LogP contribution in [0.25, 0.3) is 0 Å². The maximum absolute atomic E-state index is 12.8. The number of rotatable bonds is 3. The Morgan fingerprint density at radius 1 is 1.38 bits per heavy atom. The van der Waals surface area contributed by atoms with Crippen LogP contribution in [-0.2, 0) is 18.3 Å². The summed E-state index contributed by atoms with van der Waals surface area (Å²) in [5, 5.41) is 7.43. The first-order valence-electron chi connectivity index (χ1n) is 7.23. The molecule has 1 amide bonds. The Bertz CT molecular complexity index is 664. The van der Waals surface area contributed by atoms with Crippen LogP contribution in [0.3, 0.4) is 0 Å². The molecule has 1 aliphatic rings. The summed E-state index contributed by atoms with van der Waals surface area (Å²) >= 11 is 0. The van der Waals surface area contributed by atoms with Gasteiger partial charge in [-0.2, -0.15) is 5.10 Å². The van der Waals surface area contributed by atoms with Gasteiger partial charge in [0.15, 0.2) is 0 Å². The van der Waals surface area contributed by atoms with Crippen molar-refractivity contribution in [2.75, 3.05) is 10.2 Å². The van der Waals surface area contributed by atoms with Crippen LogP contribution in [-0.4, -0.2) is 27.8 Å². The number of aromatic nitrogens is 2. The first-order chi connectivity index (χ1) is 10.1. The quantitative estimate of drug-likeness (QED) is 0.940. The van der Waals surface area contributed by atoms with Crippen LogP contribution in [0.15, 0.2) is 36.5 Å². The molecule has 2 heterocycles. The molecule has 5 nitrogen and oxygen atoms in total. The molecule has 0 saturated carbocycles. The van der Waals surface area contributed by atoms with Gasteiger partial charge in [-0.05, 0) is 31.9 Å². The minimum absolute atomic E-state index is 0.0816. The van der Waals surface area contributed by atoms with Crippen molar-refractivity contribution in [2.45, 2.75) is 32.4 Å². The van der Waals surface area contributed by atoms with E-state index in [0.717, 1.165) is 17.9 Å². The van der Waals surface area contributed by atoms with E-state index in [-0.39, 0.29) is 18.0 Å². The Labute approximate surface area is 124 Å². The maximum Gasteiger partial charge on any atom is 0.249 e. The van der Waals surface area contributed by atoms with Crippen molar-refractivity contribution in [1.82, 2.24) is 9.78 Å². The summed E-state index contributed by atoms with van der Waals surface area (Å²) in [5.74, 6) is 0.802. The molecular formula is C16H20N4O. The second-order valence-corrected chi connectivity index (χ2v) is 5.63. The molecule has 1 aromatic carbocycles. The molecule has 0 saturated heterocycles. The molecule has 1 N–H and O–H groups in total. The lowest BCUT2D eigenvalue weighted by molar-refractivity contribution is -0.119. The van der Waals surface area contributed by atoms with E-state index >= 15 is 0 Å². The van der Waals surface area contributed by atoms with Gasteiger partial charge in [0.25, 0.3) is 0 Å². The minimum Gasteiger partial charge on any atom is -0.357 e. The van der Waals surface area contributed by atoms with Crippen molar-refractivity contribution in [1.29, 1.82) is 0 Å². The van der Waals surface area contributed by atoms with Gasteiger partial charge in [0.1, 0.15) is 11.9 Å². The molecule has 0 spiro atoms. The maximum atomic E-state index is 12.8. The van der Waals surface area contributed by atoms with Gasteiger partial charge in [-0.15, -0.1) is 0 Å². The zero-order chi connectivity index (χ0) is 15.0. The van der Waals surface area contributed by atoms with E-state index in [0.29, 0.717) is 0 Å². The van der Waals surface area contributed by atoms with E-state index in [4.69, 9.17) is 0 Å². The van der Waals surface area contributed by atoms with Gasteiger partial charge >= 0.3 is 0 Å². The Hall–Kier alpha value is -2.30. The number of carbonyl (C=O) groups excluding carboxylic acids is 1. The van der Waals surface area contributed by atoms with E-state index in [1.54, 1.807) is 4.68 Å². The molecule has 110 valence electrons. The third-order valence-electron chi connectivity index (χ3n) is 3.89. The summed E-state index contributed by atoms with van der Waals surface area (Å²) < 4.78 is 1.72. The van der Waals surface area contributed by atoms with E-state index in [2.05, 4.69) is 23.4 Å². The topological polar surface area (TPSA) is 50.2 Å². The number of hydrogen-bond donors (Lipinski definition) is 1. The largest absolute Gasteiger partial charge is 0.357 e. The minimum atomic E-state index is -0.312. The van der Waals surface area contributed by atoms with Crippen molar-refractivity contribution in [3.63, 3.8) is 0 Å². The average molecular weight is 284 g/mol. The molecule has 5 heteroatoms. The summed E-state index contributed by atoms with van der Waals surface area (Å²) in [5.41, 5.74) is 2.27. The lowest BCUT2D eigenvalue weighted by atomic mass is 10.1. The molecule has 1 aliphatic heterocycles. The Morgan fingerprint density at radius 2 is 2.14 bits per heavy atom. The summed E-state index contributed by atoms with van der Waals surface area (Å²) in [6.07, 6.45) is 2.77. The molecule has 2 unspecified atom stereocenters. The van der Waals surface area contributed by atoms with Crippen molar-refractivity contribution in [3.8, 4) is 0 Å². The third kappa shape index (κ3) is 2.51. The van der Waals surface area contributed by atoms with Gasteiger partial charge in [0.05, 0.1) is 0 Å². The highest BCUT2D eigenvalue weighted by atomic mass is 16.2. The van der Waals surface area contributed by atoms with Crippen LogP contribution in [0.5, 0.6) is 0 Å². The van der Waals surface area contributed by atoms with Crippen LogP contribution in [0.1, 0.15) is 19.4 Å². The highest BCUT2D eigenvalue weighted by Gasteiger charge is 2.33. The number of nitrogens with zero attached hydrogens (tertiary/aromatic N) is 3. The molecule has 2 atom stereocenters. The van der Waals surface area contributed by atoms with Crippen LogP contribution >= 0.6 is 0 Å². The molecule has 3 rings (SSSR count). The first kappa shape index (κ1) is 13.7. The first-order valence-corrected chi connectivity index (χ1v) is 7.23. The number of benzene rings is 1. The summed E-state index contributed by atoms with van der Waals surface area (Å²) in [4.78, 5) is 14.7. The van der Waals surface area contributed by atoms with E-state index in [9.17, 15) is 4.79 Å². The summed E-state index contributed by atoms with van der Waals surface area (Å²) in [6.45, 7) is 3.97. The number of para-hydroxylation sites is 1. The number of hydrogen-bond acceptors (Lipinski definition) is 3. The Balaban J connectivity index is 1.78. The normalized spacial score (nSPS) is 18.4. The van der Waals surface area contributed by atoms with Crippen molar-refractivity contribution < 1.29 is 4.79 Å². The zero-order valence-electron chi connectivity index (χ0n) is 12.6. The Kier molecular flexibility index (Phi) is 3.41. The molecule has 1 aromatic heterocycles. The predicted octanol–water partition coefficient (Wildman–Crippen LogP) is 2.20. The fourth-order valence-corrected chi connectivity index (χ4v) is 2.89. The number of fused-ring (bicyclic) bond motifs is 1. The highest BCUT2D eigenvalue weighted by Crippen LogP contribution is 2.32. The fourth-order valence-electron chi connectivity index (χ4n) is 2.89. The molecule has 0 fully saturated rings. The Morgan fingerprint density at radius 3 is 2.86 bits per heavy atom.